The molecule has 4 heteroatoms. The van der Waals surface area contributed by atoms with Crippen LogP contribution in [0.1, 0.15) is 51.2 Å². The van der Waals surface area contributed by atoms with Gasteiger partial charge in [-0.05, 0) is 37.3 Å². The van der Waals surface area contributed by atoms with E-state index in [9.17, 15) is 5.11 Å². The number of halogens is 1. The first-order valence-electron chi connectivity index (χ1n) is 6.81. The number of ether oxygens (including phenoxy) is 1. The van der Waals surface area contributed by atoms with Gasteiger partial charge in [-0.15, -0.1) is 0 Å². The van der Waals surface area contributed by atoms with Crippen LogP contribution in [-0.4, -0.2) is 22.6 Å². The van der Waals surface area contributed by atoms with Gasteiger partial charge in [0.15, 0.2) is 5.79 Å². The average molecular weight is 287 g/mol. The van der Waals surface area contributed by atoms with Crippen molar-refractivity contribution in [3.63, 3.8) is 0 Å². The molecule has 0 heterocycles. The van der Waals surface area contributed by atoms with E-state index in [2.05, 4.69) is 0 Å². The summed E-state index contributed by atoms with van der Waals surface area (Å²) in [5.74, 6) is -1.14. The maximum atomic E-state index is 10.3. The lowest BCUT2D eigenvalue weighted by atomic mass is 10.0. The molecule has 2 N–H and O–H groups in total. The van der Waals surface area contributed by atoms with Crippen molar-refractivity contribution in [2.45, 2.75) is 51.4 Å². The molecule has 0 saturated heterocycles. The second-order valence-corrected chi connectivity index (χ2v) is 5.05. The Morgan fingerprint density at radius 2 is 1.89 bits per heavy atom. The SMILES string of the molecule is CCC(O)(CC)OC(CCCO)c1ccccc1Cl. The number of aliphatic hydroxyl groups excluding tert-OH is 1. The van der Waals surface area contributed by atoms with Crippen molar-refractivity contribution in [2.24, 2.45) is 0 Å². The molecule has 0 aliphatic heterocycles. The van der Waals surface area contributed by atoms with Crippen LogP contribution < -0.4 is 0 Å². The quantitative estimate of drug-likeness (QED) is 0.717. The lowest BCUT2D eigenvalue weighted by molar-refractivity contribution is -0.237. The molecule has 108 valence electrons. The summed E-state index contributed by atoms with van der Waals surface area (Å²) in [6, 6.07) is 7.47. The van der Waals surface area contributed by atoms with E-state index in [1.54, 1.807) is 0 Å². The molecule has 0 radical (unpaired) electrons. The third kappa shape index (κ3) is 4.77. The highest BCUT2D eigenvalue weighted by atomic mass is 35.5. The van der Waals surface area contributed by atoms with Gasteiger partial charge < -0.3 is 14.9 Å². The van der Waals surface area contributed by atoms with Crippen LogP contribution in [0.2, 0.25) is 5.02 Å². The molecule has 0 spiro atoms. The highest BCUT2D eigenvalue weighted by Crippen LogP contribution is 2.34. The summed E-state index contributed by atoms with van der Waals surface area (Å²) in [6.45, 7) is 3.87. The zero-order valence-electron chi connectivity index (χ0n) is 11.6. The van der Waals surface area contributed by atoms with Gasteiger partial charge in [0, 0.05) is 11.6 Å². The number of benzene rings is 1. The fourth-order valence-electron chi connectivity index (χ4n) is 1.97. The molecule has 1 aromatic carbocycles. The van der Waals surface area contributed by atoms with Gasteiger partial charge in [-0.2, -0.15) is 0 Å². The predicted molar refractivity (Wildman–Crippen MR) is 77.1 cm³/mol. The summed E-state index contributed by atoms with van der Waals surface area (Å²) < 4.78 is 5.87. The van der Waals surface area contributed by atoms with Crippen molar-refractivity contribution in [3.8, 4) is 0 Å². The van der Waals surface area contributed by atoms with E-state index < -0.39 is 5.79 Å². The monoisotopic (exact) mass is 286 g/mol. The Labute approximate surface area is 120 Å². The zero-order valence-corrected chi connectivity index (χ0v) is 12.4. The topological polar surface area (TPSA) is 49.7 Å². The second-order valence-electron chi connectivity index (χ2n) is 4.65. The molecule has 1 atom stereocenters. The van der Waals surface area contributed by atoms with E-state index in [1.807, 2.05) is 38.1 Å². The van der Waals surface area contributed by atoms with Crippen LogP contribution in [0.4, 0.5) is 0 Å². The Hall–Kier alpha value is -0.610. The van der Waals surface area contributed by atoms with Crippen LogP contribution in [-0.2, 0) is 4.74 Å². The van der Waals surface area contributed by atoms with Gasteiger partial charge in [0.2, 0.25) is 0 Å². The molecule has 1 unspecified atom stereocenters. The van der Waals surface area contributed by atoms with Gasteiger partial charge in [-0.1, -0.05) is 43.6 Å². The summed E-state index contributed by atoms with van der Waals surface area (Å²) in [6.07, 6.45) is 1.97. The van der Waals surface area contributed by atoms with E-state index in [0.29, 0.717) is 30.7 Å². The number of hydrogen-bond donors (Lipinski definition) is 2. The molecule has 0 saturated carbocycles. The van der Waals surface area contributed by atoms with Gasteiger partial charge in [0.25, 0.3) is 0 Å². The first kappa shape index (κ1) is 16.4. The Balaban J connectivity index is 2.92. The lowest BCUT2D eigenvalue weighted by Gasteiger charge is -2.31. The van der Waals surface area contributed by atoms with Crippen molar-refractivity contribution in [2.75, 3.05) is 6.61 Å². The molecule has 0 amide bonds. The summed E-state index contributed by atoms with van der Waals surface area (Å²) in [5.41, 5.74) is 0.859. The van der Waals surface area contributed by atoms with Gasteiger partial charge in [-0.25, -0.2) is 0 Å². The number of rotatable bonds is 8. The molecular weight excluding hydrogens is 264 g/mol. The highest BCUT2D eigenvalue weighted by Gasteiger charge is 2.28. The largest absolute Gasteiger partial charge is 0.396 e. The molecule has 0 aliphatic carbocycles. The minimum Gasteiger partial charge on any atom is -0.396 e. The molecule has 0 bridgehead atoms. The molecule has 0 aromatic heterocycles. The summed E-state index contributed by atoms with van der Waals surface area (Å²) in [4.78, 5) is 0. The predicted octanol–water partition coefficient (Wildman–Crippen LogP) is 3.68. The van der Waals surface area contributed by atoms with Gasteiger partial charge in [0.05, 0.1) is 6.10 Å². The summed E-state index contributed by atoms with van der Waals surface area (Å²) in [7, 11) is 0. The molecule has 3 nitrogen and oxygen atoms in total. The van der Waals surface area contributed by atoms with Crippen molar-refractivity contribution >= 4 is 11.6 Å². The third-order valence-electron chi connectivity index (χ3n) is 3.34. The molecule has 19 heavy (non-hydrogen) atoms. The maximum absolute atomic E-state index is 10.3. The Morgan fingerprint density at radius 1 is 1.26 bits per heavy atom. The first-order chi connectivity index (χ1) is 9.06. The smallest absolute Gasteiger partial charge is 0.165 e. The van der Waals surface area contributed by atoms with Gasteiger partial charge in [0.1, 0.15) is 0 Å². The van der Waals surface area contributed by atoms with Crippen LogP contribution in [0.5, 0.6) is 0 Å². The summed E-state index contributed by atoms with van der Waals surface area (Å²) in [5, 5.41) is 19.9. The number of hydrogen-bond acceptors (Lipinski definition) is 3. The molecule has 0 aliphatic rings. The van der Waals surface area contributed by atoms with Crippen molar-refractivity contribution < 1.29 is 14.9 Å². The van der Waals surface area contributed by atoms with E-state index in [1.165, 1.54) is 0 Å². The molecule has 1 rings (SSSR count). The normalized spacial score (nSPS) is 13.5. The first-order valence-corrected chi connectivity index (χ1v) is 7.19. The fraction of sp³-hybridized carbons (Fsp3) is 0.600. The molecular formula is C15H23ClO3. The Kier molecular flexibility index (Phi) is 6.80. The minimum absolute atomic E-state index is 0.0982. The van der Waals surface area contributed by atoms with Crippen molar-refractivity contribution in [1.82, 2.24) is 0 Å². The highest BCUT2D eigenvalue weighted by molar-refractivity contribution is 6.31. The van der Waals surface area contributed by atoms with Crippen LogP contribution >= 0.6 is 11.6 Å². The zero-order chi connectivity index (χ0) is 14.3. The maximum Gasteiger partial charge on any atom is 0.165 e. The van der Waals surface area contributed by atoms with Gasteiger partial charge in [-0.3, -0.25) is 0 Å². The Bertz CT molecular complexity index is 377. The lowest BCUT2D eigenvalue weighted by Crippen LogP contribution is -2.32. The third-order valence-corrected chi connectivity index (χ3v) is 3.69. The Morgan fingerprint density at radius 3 is 2.42 bits per heavy atom. The van der Waals surface area contributed by atoms with Crippen LogP contribution in [0, 0.1) is 0 Å². The van der Waals surface area contributed by atoms with Crippen LogP contribution in [0.25, 0.3) is 0 Å². The molecule has 1 aromatic rings. The van der Waals surface area contributed by atoms with Crippen molar-refractivity contribution in [1.29, 1.82) is 0 Å². The summed E-state index contributed by atoms with van der Waals surface area (Å²) >= 11 is 6.19. The van der Waals surface area contributed by atoms with E-state index in [-0.39, 0.29) is 12.7 Å². The van der Waals surface area contributed by atoms with E-state index in [4.69, 9.17) is 21.4 Å². The van der Waals surface area contributed by atoms with E-state index in [0.717, 1.165) is 5.56 Å². The number of aliphatic hydroxyl groups is 2. The van der Waals surface area contributed by atoms with E-state index >= 15 is 0 Å². The van der Waals surface area contributed by atoms with Crippen LogP contribution in [0.3, 0.4) is 0 Å². The molecule has 0 fully saturated rings. The van der Waals surface area contributed by atoms with Crippen molar-refractivity contribution in [3.05, 3.63) is 34.9 Å². The standard InChI is InChI=1S/C15H23ClO3/c1-3-15(18,4-2)19-14(10-7-11-17)12-8-5-6-9-13(12)16/h5-6,8-9,14,17-18H,3-4,7,10-11H2,1-2H3. The fourth-order valence-corrected chi connectivity index (χ4v) is 2.23. The minimum atomic E-state index is -1.14. The average Bonchev–Trinajstić information content (AvgIpc) is 2.44. The second kappa shape index (κ2) is 7.85. The van der Waals surface area contributed by atoms with Crippen LogP contribution in [0.15, 0.2) is 24.3 Å². The van der Waals surface area contributed by atoms with Gasteiger partial charge >= 0.3 is 0 Å².